The zero-order valence-corrected chi connectivity index (χ0v) is 18.6. The Morgan fingerprint density at radius 2 is 1.65 bits per heavy atom. The first-order valence-corrected chi connectivity index (χ1v) is 11.3. The Labute approximate surface area is 183 Å². The lowest BCUT2D eigenvalue weighted by Gasteiger charge is -2.24. The second kappa shape index (κ2) is 9.66. The molecule has 0 spiro atoms. The van der Waals surface area contributed by atoms with Crippen LogP contribution in [0.5, 0.6) is 5.75 Å². The van der Waals surface area contributed by atoms with E-state index in [1.54, 1.807) is 81.6 Å². The molecule has 0 N–H and O–H groups in total. The molecule has 0 saturated heterocycles. The van der Waals surface area contributed by atoms with Gasteiger partial charge in [-0.2, -0.15) is 0 Å². The van der Waals surface area contributed by atoms with Crippen LogP contribution in [0.2, 0.25) is 0 Å². The van der Waals surface area contributed by atoms with Gasteiger partial charge in [-0.25, -0.2) is 13.2 Å². The summed E-state index contributed by atoms with van der Waals surface area (Å²) < 4.78 is 38.5. The molecule has 3 rings (SSSR count). The number of methoxy groups -OCH3 is 1. The lowest BCUT2D eigenvalue weighted by atomic mass is 10.1. The van der Waals surface area contributed by atoms with E-state index in [0.717, 1.165) is 5.56 Å². The van der Waals surface area contributed by atoms with Crippen LogP contribution in [-0.4, -0.2) is 28.0 Å². The fourth-order valence-electron chi connectivity index (χ4n) is 3.16. The van der Waals surface area contributed by atoms with Crippen LogP contribution in [-0.2, 0) is 21.4 Å². The maximum absolute atomic E-state index is 13.4. The zero-order chi connectivity index (χ0) is 22.4. The second-order valence-electron chi connectivity index (χ2n) is 6.91. The lowest BCUT2D eigenvalue weighted by Crippen LogP contribution is -2.31. The van der Waals surface area contributed by atoms with Crippen LogP contribution in [0.4, 0.5) is 5.69 Å². The third-order valence-corrected chi connectivity index (χ3v) is 6.90. The van der Waals surface area contributed by atoms with Crippen LogP contribution in [0.25, 0.3) is 0 Å². The van der Waals surface area contributed by atoms with Gasteiger partial charge in [-0.1, -0.05) is 36.4 Å². The van der Waals surface area contributed by atoms with E-state index >= 15 is 0 Å². The van der Waals surface area contributed by atoms with Crippen molar-refractivity contribution < 1.29 is 22.7 Å². The molecule has 3 aromatic carbocycles. The summed E-state index contributed by atoms with van der Waals surface area (Å²) in [7, 11) is -2.28. The highest BCUT2D eigenvalue weighted by Gasteiger charge is 2.26. The van der Waals surface area contributed by atoms with Gasteiger partial charge < -0.3 is 9.47 Å². The Hall–Kier alpha value is -3.32. The topological polar surface area (TPSA) is 72.9 Å². The molecule has 0 radical (unpaired) electrons. The summed E-state index contributed by atoms with van der Waals surface area (Å²) in [4.78, 5) is 12.7. The van der Waals surface area contributed by atoms with Crippen molar-refractivity contribution in [3.63, 3.8) is 0 Å². The number of sulfonamides is 1. The molecule has 0 aliphatic heterocycles. The number of ether oxygens (including phenoxy) is 2. The van der Waals surface area contributed by atoms with Crippen LogP contribution < -0.4 is 9.04 Å². The van der Waals surface area contributed by atoms with Gasteiger partial charge in [0, 0.05) is 6.54 Å². The number of esters is 1. The molecular weight excluding hydrogens is 414 g/mol. The minimum Gasteiger partial charge on any atom is -0.497 e. The number of nitrogens with zero attached hydrogens (tertiary/aromatic N) is 1. The predicted octanol–water partition coefficient (Wildman–Crippen LogP) is 4.58. The SMILES string of the molecule is CCN(c1ccccc1)S(=O)(=O)c1cc(C(=O)OCc2ccc(OC)cc2)ccc1C. The fraction of sp³-hybridized carbons (Fsp3) is 0.208. The number of aryl methyl sites for hydroxylation is 1. The van der Waals surface area contributed by atoms with Crippen molar-refractivity contribution in [1.29, 1.82) is 0 Å². The maximum atomic E-state index is 13.4. The fourth-order valence-corrected chi connectivity index (χ4v) is 4.89. The molecule has 7 heteroatoms. The van der Waals surface area contributed by atoms with E-state index in [0.29, 0.717) is 17.0 Å². The summed E-state index contributed by atoms with van der Waals surface area (Å²) in [5, 5.41) is 0. The first-order chi connectivity index (χ1) is 14.9. The number of rotatable bonds is 8. The molecular formula is C24H25NO5S. The number of benzene rings is 3. The van der Waals surface area contributed by atoms with E-state index in [1.165, 1.54) is 10.4 Å². The van der Waals surface area contributed by atoms with E-state index in [4.69, 9.17) is 9.47 Å². The number of carbonyl (C=O) groups excluding carboxylic acids is 1. The predicted molar refractivity (Wildman–Crippen MR) is 120 cm³/mol. The van der Waals surface area contributed by atoms with Gasteiger partial charge in [0.25, 0.3) is 10.0 Å². The normalized spacial score (nSPS) is 11.1. The molecule has 0 aliphatic rings. The first kappa shape index (κ1) is 22.4. The Morgan fingerprint density at radius 3 is 2.26 bits per heavy atom. The van der Waals surface area contributed by atoms with Crippen molar-refractivity contribution in [1.82, 2.24) is 0 Å². The van der Waals surface area contributed by atoms with Gasteiger partial charge in [0.05, 0.1) is 23.3 Å². The van der Waals surface area contributed by atoms with Crippen molar-refractivity contribution in [3.05, 3.63) is 89.5 Å². The molecule has 0 fully saturated rings. The van der Waals surface area contributed by atoms with Gasteiger partial charge in [0.2, 0.25) is 0 Å². The minimum atomic E-state index is -3.85. The smallest absolute Gasteiger partial charge is 0.338 e. The van der Waals surface area contributed by atoms with Crippen molar-refractivity contribution in [2.45, 2.75) is 25.3 Å². The molecule has 0 bridgehead atoms. The van der Waals surface area contributed by atoms with Gasteiger partial charge in [0.15, 0.2) is 0 Å². The highest BCUT2D eigenvalue weighted by Crippen LogP contribution is 2.26. The molecule has 6 nitrogen and oxygen atoms in total. The summed E-state index contributed by atoms with van der Waals surface area (Å²) in [6, 6.07) is 20.6. The molecule has 0 aliphatic carbocycles. The summed E-state index contributed by atoms with van der Waals surface area (Å²) >= 11 is 0. The minimum absolute atomic E-state index is 0.0733. The maximum Gasteiger partial charge on any atom is 0.338 e. The molecule has 0 saturated carbocycles. The van der Waals surface area contributed by atoms with Crippen LogP contribution in [0.3, 0.4) is 0 Å². The number of anilines is 1. The van der Waals surface area contributed by atoms with Gasteiger partial charge >= 0.3 is 5.97 Å². The van der Waals surface area contributed by atoms with E-state index in [-0.39, 0.29) is 23.6 Å². The highest BCUT2D eigenvalue weighted by atomic mass is 32.2. The Balaban J connectivity index is 1.83. The lowest BCUT2D eigenvalue weighted by molar-refractivity contribution is 0.0472. The third-order valence-electron chi connectivity index (χ3n) is 4.85. The van der Waals surface area contributed by atoms with Crippen LogP contribution >= 0.6 is 0 Å². The van der Waals surface area contributed by atoms with Gasteiger partial charge in [0.1, 0.15) is 12.4 Å². The van der Waals surface area contributed by atoms with Crippen molar-refractivity contribution in [2.75, 3.05) is 18.0 Å². The van der Waals surface area contributed by atoms with E-state index in [2.05, 4.69) is 0 Å². The summed E-state index contributed by atoms with van der Waals surface area (Å²) in [5.41, 5.74) is 2.11. The summed E-state index contributed by atoms with van der Waals surface area (Å²) in [6.45, 7) is 3.81. The Bertz CT molecular complexity index is 1140. The first-order valence-electron chi connectivity index (χ1n) is 9.85. The quantitative estimate of drug-likeness (QED) is 0.481. The van der Waals surface area contributed by atoms with Crippen LogP contribution in [0.15, 0.2) is 77.7 Å². The van der Waals surface area contributed by atoms with Gasteiger partial charge in [-0.15, -0.1) is 0 Å². The van der Waals surface area contributed by atoms with Crippen molar-refractivity contribution >= 4 is 21.7 Å². The second-order valence-corrected chi connectivity index (χ2v) is 8.74. The van der Waals surface area contributed by atoms with E-state index < -0.39 is 16.0 Å². The van der Waals surface area contributed by atoms with Gasteiger partial charge in [-0.3, -0.25) is 4.31 Å². The van der Waals surface area contributed by atoms with Crippen molar-refractivity contribution in [2.24, 2.45) is 0 Å². The average Bonchev–Trinajstić information content (AvgIpc) is 2.79. The molecule has 0 aromatic heterocycles. The molecule has 0 amide bonds. The standard InChI is InChI=1S/C24H25NO5S/c1-4-25(21-8-6-5-7-9-21)31(27,28)23-16-20(13-10-18(23)2)24(26)30-17-19-11-14-22(29-3)15-12-19/h5-16H,4,17H2,1-3H3. The summed E-state index contributed by atoms with van der Waals surface area (Å²) in [5.74, 6) is 0.123. The average molecular weight is 440 g/mol. The van der Waals surface area contributed by atoms with Gasteiger partial charge in [-0.05, 0) is 61.4 Å². The third kappa shape index (κ3) is 5.06. The number of para-hydroxylation sites is 1. The number of hydrogen-bond donors (Lipinski definition) is 0. The molecule has 31 heavy (non-hydrogen) atoms. The largest absolute Gasteiger partial charge is 0.497 e. The molecule has 0 atom stereocenters. The molecule has 3 aromatic rings. The summed E-state index contributed by atoms with van der Waals surface area (Å²) in [6.07, 6.45) is 0. The number of hydrogen-bond acceptors (Lipinski definition) is 5. The molecule has 0 heterocycles. The Kier molecular flexibility index (Phi) is 6.97. The monoisotopic (exact) mass is 439 g/mol. The van der Waals surface area contributed by atoms with Crippen LogP contribution in [0, 0.1) is 6.92 Å². The van der Waals surface area contributed by atoms with E-state index in [9.17, 15) is 13.2 Å². The molecule has 0 unspecified atom stereocenters. The zero-order valence-electron chi connectivity index (χ0n) is 17.7. The molecule has 162 valence electrons. The van der Waals surface area contributed by atoms with Crippen LogP contribution in [0.1, 0.15) is 28.4 Å². The van der Waals surface area contributed by atoms with E-state index in [1.807, 2.05) is 6.07 Å². The van der Waals surface area contributed by atoms with Crippen molar-refractivity contribution in [3.8, 4) is 5.75 Å². The Morgan fingerprint density at radius 1 is 0.968 bits per heavy atom. The number of carbonyl (C=O) groups is 1. The highest BCUT2D eigenvalue weighted by molar-refractivity contribution is 7.92.